The number of amides is 1. The minimum absolute atomic E-state index is 0.00913. The maximum atomic E-state index is 12.3. The Hall–Kier alpha value is -1.51. The Morgan fingerprint density at radius 1 is 1.40 bits per heavy atom. The van der Waals surface area contributed by atoms with Crippen molar-refractivity contribution in [2.75, 3.05) is 11.1 Å². The minimum Gasteiger partial charge on any atom is -0.382 e. The van der Waals surface area contributed by atoms with E-state index in [1.165, 1.54) is 6.92 Å². The lowest BCUT2D eigenvalue weighted by molar-refractivity contribution is -0.136. The Balaban J connectivity index is 2.84. The molecule has 1 heterocycles. The van der Waals surface area contributed by atoms with Gasteiger partial charge in [0.1, 0.15) is 10.6 Å². The van der Waals surface area contributed by atoms with Gasteiger partial charge in [-0.25, -0.2) is 0 Å². The monoisotopic (exact) mass is 310 g/mol. The molecule has 1 aromatic heterocycles. The van der Waals surface area contributed by atoms with Crippen LogP contribution >= 0.6 is 11.5 Å². The summed E-state index contributed by atoms with van der Waals surface area (Å²) in [5, 5.41) is 5.52. The number of halogens is 3. The molecule has 1 aromatic rings. The van der Waals surface area contributed by atoms with Gasteiger partial charge in [-0.1, -0.05) is 0 Å². The maximum Gasteiger partial charge on any atom is 0.391 e. The van der Waals surface area contributed by atoms with Crippen molar-refractivity contribution in [3.05, 3.63) is 5.56 Å². The van der Waals surface area contributed by atoms with Crippen LogP contribution in [-0.4, -0.2) is 28.5 Å². The van der Waals surface area contributed by atoms with Crippen LogP contribution in [0.3, 0.4) is 0 Å². The van der Waals surface area contributed by atoms with Crippen molar-refractivity contribution in [1.29, 1.82) is 0 Å². The van der Waals surface area contributed by atoms with Gasteiger partial charge in [0.05, 0.1) is 6.42 Å². The van der Waals surface area contributed by atoms with Gasteiger partial charge in [-0.05, 0) is 32.3 Å². The van der Waals surface area contributed by atoms with E-state index in [0.717, 1.165) is 11.5 Å². The third-order valence-electron chi connectivity index (χ3n) is 2.28. The molecule has 1 rings (SSSR count). The van der Waals surface area contributed by atoms with E-state index in [1.54, 1.807) is 13.8 Å². The molecule has 0 saturated carbocycles. The molecule has 0 saturated heterocycles. The molecule has 5 nitrogen and oxygen atoms in total. The van der Waals surface area contributed by atoms with Crippen LogP contribution in [0.2, 0.25) is 0 Å². The van der Waals surface area contributed by atoms with Gasteiger partial charge in [0.15, 0.2) is 5.82 Å². The smallest absolute Gasteiger partial charge is 0.382 e. The Bertz CT molecular complexity index is 473. The number of carbonyl (C=O) groups excluding carboxylic acids is 1. The highest BCUT2D eigenvalue weighted by molar-refractivity contribution is 7.11. The third-order valence-corrected chi connectivity index (χ3v) is 3.07. The molecule has 4 N–H and O–H groups in total. The fourth-order valence-electron chi connectivity index (χ4n) is 1.58. The largest absolute Gasteiger partial charge is 0.391 e. The van der Waals surface area contributed by atoms with Gasteiger partial charge in [-0.3, -0.25) is 4.79 Å². The number of nitrogens with two attached hydrogens (primary N) is 1. The van der Waals surface area contributed by atoms with Crippen molar-refractivity contribution in [1.82, 2.24) is 9.69 Å². The molecular formula is C11H17F3N4OS. The van der Waals surface area contributed by atoms with Crippen LogP contribution in [0.15, 0.2) is 0 Å². The molecule has 0 aliphatic carbocycles. The first-order chi connectivity index (χ1) is 9.10. The summed E-state index contributed by atoms with van der Waals surface area (Å²) in [6, 6.07) is -0.984. The molecule has 0 fully saturated rings. The first-order valence-corrected chi connectivity index (χ1v) is 6.76. The molecule has 1 atom stereocenters. The second-order valence-electron chi connectivity index (χ2n) is 4.76. The molecule has 0 bridgehead atoms. The second-order valence-corrected chi connectivity index (χ2v) is 5.54. The number of carbonyl (C=O) groups is 1. The average Bonchev–Trinajstić information content (AvgIpc) is 2.55. The number of anilines is 2. The number of nitrogens with one attached hydrogen (secondary N) is 2. The van der Waals surface area contributed by atoms with Crippen LogP contribution in [-0.2, 0) is 0 Å². The first kappa shape index (κ1) is 16.5. The van der Waals surface area contributed by atoms with Crippen LogP contribution in [0.4, 0.5) is 24.0 Å². The Morgan fingerprint density at radius 2 is 2.00 bits per heavy atom. The summed E-state index contributed by atoms with van der Waals surface area (Å²) in [4.78, 5) is 11.9. The van der Waals surface area contributed by atoms with E-state index in [-0.39, 0.29) is 22.4 Å². The van der Waals surface area contributed by atoms with Crippen molar-refractivity contribution < 1.29 is 18.0 Å². The maximum absolute atomic E-state index is 12.3. The molecule has 20 heavy (non-hydrogen) atoms. The highest BCUT2D eigenvalue weighted by atomic mass is 32.1. The van der Waals surface area contributed by atoms with Crippen LogP contribution in [0.5, 0.6) is 0 Å². The summed E-state index contributed by atoms with van der Waals surface area (Å²) >= 11 is 0.872. The van der Waals surface area contributed by atoms with Crippen molar-refractivity contribution >= 4 is 28.3 Å². The average molecular weight is 310 g/mol. The summed E-state index contributed by atoms with van der Waals surface area (Å²) < 4.78 is 40.7. The van der Waals surface area contributed by atoms with Gasteiger partial charge in [-0.15, -0.1) is 0 Å². The standard InChI is InChI=1S/C11H17F3N4OS/c1-5(2)16-9(19)7-8(15)18-20-10(7)17-6(3)4-11(12,13)14/h5-6,17H,4H2,1-3H3,(H2,15,18)(H,16,19). The van der Waals surface area contributed by atoms with Crippen molar-refractivity contribution in [3.8, 4) is 0 Å². The third kappa shape index (κ3) is 4.87. The Morgan fingerprint density at radius 3 is 2.50 bits per heavy atom. The second kappa shape index (κ2) is 6.29. The highest BCUT2D eigenvalue weighted by Gasteiger charge is 2.31. The molecule has 9 heteroatoms. The van der Waals surface area contributed by atoms with E-state index < -0.39 is 24.5 Å². The Kier molecular flexibility index (Phi) is 5.21. The predicted octanol–water partition coefficient (Wildman–Crippen LogP) is 2.62. The zero-order valence-corrected chi connectivity index (χ0v) is 12.2. The van der Waals surface area contributed by atoms with Gasteiger partial charge in [0.2, 0.25) is 0 Å². The number of aromatic nitrogens is 1. The predicted molar refractivity (Wildman–Crippen MR) is 72.9 cm³/mol. The fourth-order valence-corrected chi connectivity index (χ4v) is 2.40. The summed E-state index contributed by atoms with van der Waals surface area (Å²) in [7, 11) is 0. The van der Waals surface area contributed by atoms with Gasteiger partial charge in [0, 0.05) is 12.1 Å². The molecule has 0 aliphatic heterocycles. The van der Waals surface area contributed by atoms with Crippen molar-refractivity contribution in [2.24, 2.45) is 0 Å². The quantitative estimate of drug-likeness (QED) is 0.781. The Labute approximate surface area is 118 Å². The van der Waals surface area contributed by atoms with E-state index in [2.05, 4.69) is 15.0 Å². The summed E-state index contributed by atoms with van der Waals surface area (Å²) in [5.41, 5.74) is 5.69. The topological polar surface area (TPSA) is 80.0 Å². The number of hydrogen-bond donors (Lipinski definition) is 3. The molecule has 0 radical (unpaired) electrons. The number of hydrogen-bond acceptors (Lipinski definition) is 5. The van der Waals surface area contributed by atoms with Crippen LogP contribution in [0.25, 0.3) is 0 Å². The molecule has 0 aromatic carbocycles. The van der Waals surface area contributed by atoms with Crippen LogP contribution in [0.1, 0.15) is 37.6 Å². The van der Waals surface area contributed by atoms with Gasteiger partial charge in [-0.2, -0.15) is 17.5 Å². The molecule has 114 valence electrons. The lowest BCUT2D eigenvalue weighted by Gasteiger charge is -2.17. The molecule has 0 aliphatic rings. The number of nitrogens with zero attached hydrogens (tertiary/aromatic N) is 1. The van der Waals surface area contributed by atoms with E-state index in [4.69, 9.17) is 5.73 Å². The zero-order chi connectivity index (χ0) is 15.5. The minimum atomic E-state index is -4.27. The van der Waals surface area contributed by atoms with E-state index in [0.29, 0.717) is 0 Å². The molecular weight excluding hydrogens is 293 g/mol. The highest BCUT2D eigenvalue weighted by Crippen LogP contribution is 2.29. The lowest BCUT2D eigenvalue weighted by Crippen LogP contribution is -2.31. The van der Waals surface area contributed by atoms with Crippen molar-refractivity contribution in [3.63, 3.8) is 0 Å². The first-order valence-electron chi connectivity index (χ1n) is 5.99. The summed E-state index contributed by atoms with van der Waals surface area (Å²) in [5.74, 6) is -0.442. The van der Waals surface area contributed by atoms with Gasteiger partial charge < -0.3 is 16.4 Å². The molecule has 1 amide bonds. The number of rotatable bonds is 5. The SMILES string of the molecule is CC(C)NC(=O)c1c(N)nsc1NC(C)CC(F)(F)F. The van der Waals surface area contributed by atoms with Gasteiger partial charge in [0.25, 0.3) is 5.91 Å². The van der Waals surface area contributed by atoms with E-state index in [1.807, 2.05) is 0 Å². The molecule has 0 spiro atoms. The summed E-state index contributed by atoms with van der Waals surface area (Å²) in [6.07, 6.45) is -5.28. The van der Waals surface area contributed by atoms with E-state index >= 15 is 0 Å². The number of alkyl halides is 3. The molecule has 1 unspecified atom stereocenters. The van der Waals surface area contributed by atoms with Crippen LogP contribution in [0, 0.1) is 0 Å². The lowest BCUT2D eigenvalue weighted by atomic mass is 10.2. The fraction of sp³-hybridized carbons (Fsp3) is 0.636. The normalized spacial score (nSPS) is 13.3. The summed E-state index contributed by atoms with van der Waals surface area (Å²) in [6.45, 7) is 4.92. The van der Waals surface area contributed by atoms with Crippen molar-refractivity contribution in [2.45, 2.75) is 45.5 Å². The zero-order valence-electron chi connectivity index (χ0n) is 11.3. The number of nitrogen functional groups attached to an aromatic ring is 1. The van der Waals surface area contributed by atoms with Gasteiger partial charge >= 0.3 is 6.18 Å². The van der Waals surface area contributed by atoms with E-state index in [9.17, 15) is 18.0 Å². The van der Waals surface area contributed by atoms with Crippen LogP contribution < -0.4 is 16.4 Å².